The number of hydrogen-bond acceptors (Lipinski definition) is 6. The van der Waals surface area contributed by atoms with Crippen molar-refractivity contribution in [1.82, 2.24) is 18.9 Å². The average molecular weight is 448 g/mol. The van der Waals surface area contributed by atoms with Crippen molar-refractivity contribution < 1.29 is 4.79 Å². The SMILES string of the molecule is CN1CCN(CC(=O)c2c(N)n(Cc3ccccc3)c(=O)n(C)c2=O)C(c2ccccc2)C1. The maximum atomic E-state index is 13.4. The molecule has 1 unspecified atom stereocenters. The molecular weight excluding hydrogens is 418 g/mol. The Balaban J connectivity index is 1.67. The zero-order valence-electron chi connectivity index (χ0n) is 19.0. The zero-order valence-corrected chi connectivity index (χ0v) is 19.0. The maximum absolute atomic E-state index is 13.4. The third-order valence-corrected chi connectivity index (χ3v) is 6.27. The maximum Gasteiger partial charge on any atom is 0.332 e. The van der Waals surface area contributed by atoms with Crippen LogP contribution >= 0.6 is 0 Å². The summed E-state index contributed by atoms with van der Waals surface area (Å²) in [5.74, 6) is -0.456. The first-order chi connectivity index (χ1) is 15.9. The second-order valence-electron chi connectivity index (χ2n) is 8.56. The highest BCUT2D eigenvalue weighted by Crippen LogP contribution is 2.25. The van der Waals surface area contributed by atoms with Crippen LogP contribution in [0.2, 0.25) is 0 Å². The summed E-state index contributed by atoms with van der Waals surface area (Å²) in [6.45, 7) is 2.51. The van der Waals surface area contributed by atoms with Crippen molar-refractivity contribution in [3.63, 3.8) is 0 Å². The fourth-order valence-electron chi connectivity index (χ4n) is 4.37. The predicted molar refractivity (Wildman–Crippen MR) is 128 cm³/mol. The largest absolute Gasteiger partial charge is 0.384 e. The summed E-state index contributed by atoms with van der Waals surface area (Å²) in [5, 5.41) is 0. The van der Waals surface area contributed by atoms with Gasteiger partial charge in [-0.25, -0.2) is 4.79 Å². The quantitative estimate of drug-likeness (QED) is 0.574. The van der Waals surface area contributed by atoms with Gasteiger partial charge in [0, 0.05) is 32.7 Å². The van der Waals surface area contributed by atoms with Crippen LogP contribution in [-0.2, 0) is 13.6 Å². The summed E-state index contributed by atoms with van der Waals surface area (Å²) in [5.41, 5.74) is 6.92. The Morgan fingerprint density at radius 1 is 0.970 bits per heavy atom. The Hall–Kier alpha value is -3.49. The third kappa shape index (κ3) is 4.67. The Morgan fingerprint density at radius 3 is 2.27 bits per heavy atom. The molecule has 1 aliphatic rings. The third-order valence-electron chi connectivity index (χ3n) is 6.27. The first kappa shape index (κ1) is 22.7. The Bertz CT molecular complexity index is 1250. The molecule has 172 valence electrons. The number of aromatic nitrogens is 2. The van der Waals surface area contributed by atoms with E-state index < -0.39 is 11.2 Å². The number of rotatable bonds is 6. The zero-order chi connectivity index (χ0) is 23.5. The standard InChI is InChI=1S/C25H29N5O3/c1-27-13-14-29(20(16-27)19-11-7-4-8-12-19)17-21(31)22-23(26)30(25(33)28(2)24(22)32)15-18-9-5-3-6-10-18/h3-12,20H,13-17,26H2,1-2H3. The lowest BCUT2D eigenvalue weighted by atomic mass is 10.0. The molecule has 4 rings (SSSR count). The summed E-state index contributed by atoms with van der Waals surface area (Å²) in [7, 11) is 3.44. The molecule has 8 nitrogen and oxygen atoms in total. The van der Waals surface area contributed by atoms with Crippen molar-refractivity contribution in [3.05, 3.63) is 98.2 Å². The topological polar surface area (TPSA) is 93.6 Å². The normalized spacial score (nSPS) is 17.2. The van der Waals surface area contributed by atoms with Crippen LogP contribution < -0.4 is 17.0 Å². The first-order valence-electron chi connectivity index (χ1n) is 11.0. The van der Waals surface area contributed by atoms with Gasteiger partial charge in [0.1, 0.15) is 11.4 Å². The van der Waals surface area contributed by atoms with Crippen LogP contribution in [-0.4, -0.2) is 57.9 Å². The van der Waals surface area contributed by atoms with Crippen LogP contribution in [0, 0.1) is 0 Å². The van der Waals surface area contributed by atoms with E-state index in [0.717, 1.165) is 28.8 Å². The van der Waals surface area contributed by atoms with E-state index in [1.807, 2.05) is 48.5 Å². The van der Waals surface area contributed by atoms with Gasteiger partial charge in [0.25, 0.3) is 5.56 Å². The first-order valence-corrected chi connectivity index (χ1v) is 11.0. The van der Waals surface area contributed by atoms with Gasteiger partial charge in [-0.1, -0.05) is 60.7 Å². The van der Waals surface area contributed by atoms with Crippen LogP contribution in [0.1, 0.15) is 27.5 Å². The number of likely N-dealkylation sites (N-methyl/N-ethyl adjacent to an activating group) is 1. The molecule has 0 radical (unpaired) electrons. The van der Waals surface area contributed by atoms with Crippen molar-refractivity contribution in [2.24, 2.45) is 7.05 Å². The van der Waals surface area contributed by atoms with Gasteiger partial charge in [-0.05, 0) is 18.2 Å². The number of hydrogen-bond donors (Lipinski definition) is 1. The molecule has 2 N–H and O–H groups in total. The Morgan fingerprint density at radius 2 is 1.61 bits per heavy atom. The van der Waals surface area contributed by atoms with Gasteiger partial charge in [0.05, 0.1) is 13.1 Å². The molecule has 0 aliphatic carbocycles. The summed E-state index contributed by atoms with van der Waals surface area (Å²) >= 11 is 0. The molecule has 2 heterocycles. The van der Waals surface area contributed by atoms with Gasteiger partial charge >= 0.3 is 5.69 Å². The Labute approximate surface area is 192 Å². The van der Waals surface area contributed by atoms with Gasteiger partial charge in [0.15, 0.2) is 5.78 Å². The van der Waals surface area contributed by atoms with E-state index in [2.05, 4.69) is 29.0 Å². The van der Waals surface area contributed by atoms with Crippen molar-refractivity contribution in [2.75, 3.05) is 39.0 Å². The minimum absolute atomic E-state index is 0.0224. The summed E-state index contributed by atoms with van der Waals surface area (Å²) < 4.78 is 2.26. The van der Waals surface area contributed by atoms with Crippen LogP contribution in [0.5, 0.6) is 0 Å². The van der Waals surface area contributed by atoms with E-state index in [1.54, 1.807) is 0 Å². The summed E-state index contributed by atoms with van der Waals surface area (Å²) in [6, 6.07) is 19.4. The molecule has 2 aromatic carbocycles. The van der Waals surface area contributed by atoms with Gasteiger partial charge in [0.2, 0.25) is 0 Å². The molecular formula is C25H29N5O3. The summed E-state index contributed by atoms with van der Waals surface area (Å²) in [6.07, 6.45) is 0. The van der Waals surface area contributed by atoms with Gasteiger partial charge in [-0.15, -0.1) is 0 Å². The lowest BCUT2D eigenvalue weighted by molar-refractivity contribution is 0.0702. The number of nitrogens with two attached hydrogens (primary N) is 1. The molecule has 0 spiro atoms. The number of carbonyl (C=O) groups is 1. The van der Waals surface area contributed by atoms with E-state index >= 15 is 0 Å². The number of piperazine rings is 1. The molecule has 3 aromatic rings. The highest BCUT2D eigenvalue weighted by atomic mass is 16.2. The van der Waals surface area contributed by atoms with Gasteiger partial charge < -0.3 is 10.6 Å². The van der Waals surface area contributed by atoms with Crippen molar-refractivity contribution in [3.8, 4) is 0 Å². The molecule has 1 aliphatic heterocycles. The molecule has 8 heteroatoms. The van der Waals surface area contributed by atoms with Gasteiger partial charge in [-0.2, -0.15) is 0 Å². The second kappa shape index (κ2) is 9.56. The lowest BCUT2D eigenvalue weighted by Crippen LogP contribution is -2.49. The molecule has 1 fully saturated rings. The number of benzene rings is 2. The smallest absolute Gasteiger partial charge is 0.332 e. The monoisotopic (exact) mass is 447 g/mol. The molecule has 0 amide bonds. The van der Waals surface area contributed by atoms with E-state index in [4.69, 9.17) is 5.73 Å². The fraction of sp³-hybridized carbons (Fsp3) is 0.320. The number of carbonyl (C=O) groups excluding carboxylic acids is 1. The van der Waals surface area contributed by atoms with Crippen molar-refractivity contribution in [2.45, 2.75) is 12.6 Å². The van der Waals surface area contributed by atoms with Crippen LogP contribution in [0.4, 0.5) is 5.82 Å². The molecule has 33 heavy (non-hydrogen) atoms. The van der Waals surface area contributed by atoms with Crippen molar-refractivity contribution >= 4 is 11.6 Å². The van der Waals surface area contributed by atoms with Gasteiger partial charge in [-0.3, -0.25) is 23.6 Å². The fourth-order valence-corrected chi connectivity index (χ4v) is 4.37. The molecule has 0 bridgehead atoms. The highest BCUT2D eigenvalue weighted by Gasteiger charge is 2.30. The number of nitrogens with zero attached hydrogens (tertiary/aromatic N) is 4. The van der Waals surface area contributed by atoms with Crippen LogP contribution in [0.3, 0.4) is 0 Å². The molecule has 1 saturated heterocycles. The van der Waals surface area contributed by atoms with Crippen molar-refractivity contribution in [1.29, 1.82) is 0 Å². The predicted octanol–water partition coefficient (Wildman–Crippen LogP) is 1.35. The second-order valence-corrected chi connectivity index (χ2v) is 8.56. The van der Waals surface area contributed by atoms with E-state index in [1.165, 1.54) is 11.6 Å². The van der Waals surface area contributed by atoms with E-state index in [0.29, 0.717) is 6.54 Å². The van der Waals surface area contributed by atoms with Crippen LogP contribution in [0.25, 0.3) is 0 Å². The summed E-state index contributed by atoms with van der Waals surface area (Å²) in [4.78, 5) is 43.4. The lowest BCUT2D eigenvalue weighted by Gasteiger charge is -2.40. The number of anilines is 1. The minimum atomic E-state index is -0.655. The molecule has 1 aromatic heterocycles. The highest BCUT2D eigenvalue weighted by molar-refractivity contribution is 6.01. The van der Waals surface area contributed by atoms with E-state index in [-0.39, 0.29) is 36.3 Å². The van der Waals surface area contributed by atoms with Crippen LogP contribution in [0.15, 0.2) is 70.3 Å². The Kier molecular flexibility index (Phi) is 6.57. The molecule has 0 saturated carbocycles. The number of Topliss-reactive ketones (excluding diaryl/α,β-unsaturated/α-hetero) is 1. The minimum Gasteiger partial charge on any atom is -0.384 e. The number of nitrogen functional groups attached to an aromatic ring is 1. The average Bonchev–Trinajstić information content (AvgIpc) is 2.83. The number of ketones is 1. The van der Waals surface area contributed by atoms with E-state index in [9.17, 15) is 14.4 Å². The molecule has 1 atom stereocenters.